The van der Waals surface area contributed by atoms with E-state index in [9.17, 15) is 9.59 Å². The molecule has 0 amide bonds. The fourth-order valence-corrected chi connectivity index (χ4v) is 2.78. The number of hydrogen-bond donors (Lipinski definition) is 0. The average molecular weight is 330 g/mol. The highest BCUT2D eigenvalue weighted by Gasteiger charge is 2.16. The maximum atomic E-state index is 11.9. The van der Waals surface area contributed by atoms with E-state index in [2.05, 4.69) is 5.10 Å². The topological polar surface area (TPSA) is 74.3 Å². The van der Waals surface area contributed by atoms with Gasteiger partial charge in [-0.25, -0.2) is 4.79 Å². The van der Waals surface area contributed by atoms with Crippen molar-refractivity contribution in [2.24, 2.45) is 0 Å². The molecule has 0 radical (unpaired) electrons. The van der Waals surface area contributed by atoms with E-state index in [-0.39, 0.29) is 18.2 Å². The zero-order chi connectivity index (χ0) is 16.2. The number of rotatable bonds is 6. The summed E-state index contributed by atoms with van der Waals surface area (Å²) in [4.78, 5) is 25.4. The smallest absolute Gasteiger partial charge is 0.374 e. The van der Waals surface area contributed by atoms with Crippen molar-refractivity contribution < 1.29 is 18.7 Å². The van der Waals surface area contributed by atoms with Crippen LogP contribution >= 0.6 is 11.3 Å². The van der Waals surface area contributed by atoms with Gasteiger partial charge in [0.1, 0.15) is 5.76 Å². The molecule has 3 aromatic heterocycles. The van der Waals surface area contributed by atoms with Gasteiger partial charge in [-0.15, -0.1) is 11.3 Å². The number of carbonyl (C=O) groups excluding carboxylic acids is 2. The lowest BCUT2D eigenvalue weighted by atomic mass is 10.3. The highest BCUT2D eigenvalue weighted by molar-refractivity contribution is 7.14. The standard InChI is InChI=1S/C16H14N2O4S/c1-11-3-6-15(23-11)13(19)10-21-16(20)14-5-4-12(22-14)9-18-8-2-7-17-18/h2-8H,9-10H2,1H3. The molecule has 118 valence electrons. The molecule has 0 spiro atoms. The Labute approximate surface area is 136 Å². The Morgan fingerprint density at radius 2 is 2.17 bits per heavy atom. The molecular weight excluding hydrogens is 316 g/mol. The number of ketones is 1. The second kappa shape index (κ2) is 6.62. The second-order valence-electron chi connectivity index (χ2n) is 4.88. The van der Waals surface area contributed by atoms with Crippen LogP contribution in [0.3, 0.4) is 0 Å². The molecule has 7 heteroatoms. The van der Waals surface area contributed by atoms with E-state index < -0.39 is 5.97 Å². The summed E-state index contributed by atoms with van der Waals surface area (Å²) >= 11 is 1.38. The van der Waals surface area contributed by atoms with E-state index in [4.69, 9.17) is 9.15 Å². The molecule has 23 heavy (non-hydrogen) atoms. The number of aromatic nitrogens is 2. The van der Waals surface area contributed by atoms with E-state index in [0.717, 1.165) is 4.88 Å². The lowest BCUT2D eigenvalue weighted by molar-refractivity contribution is 0.0443. The van der Waals surface area contributed by atoms with E-state index >= 15 is 0 Å². The largest absolute Gasteiger partial charge is 0.452 e. The van der Waals surface area contributed by atoms with E-state index in [1.807, 2.05) is 13.0 Å². The third kappa shape index (κ3) is 3.75. The van der Waals surface area contributed by atoms with Gasteiger partial charge < -0.3 is 9.15 Å². The molecule has 0 aliphatic carbocycles. The number of nitrogens with zero attached hydrogens (tertiary/aromatic N) is 2. The fraction of sp³-hybridized carbons (Fsp3) is 0.188. The lowest BCUT2D eigenvalue weighted by Gasteiger charge is -2.01. The van der Waals surface area contributed by atoms with Gasteiger partial charge in [0.15, 0.2) is 6.61 Å². The first kappa shape index (κ1) is 15.2. The van der Waals surface area contributed by atoms with Gasteiger partial charge >= 0.3 is 5.97 Å². The Morgan fingerprint density at radius 1 is 1.30 bits per heavy atom. The minimum atomic E-state index is -0.654. The van der Waals surface area contributed by atoms with Crippen LogP contribution in [-0.2, 0) is 11.3 Å². The Kier molecular flexibility index (Phi) is 4.38. The number of hydrogen-bond acceptors (Lipinski definition) is 6. The number of aryl methyl sites for hydroxylation is 1. The van der Waals surface area contributed by atoms with Crippen molar-refractivity contribution in [1.82, 2.24) is 9.78 Å². The molecule has 0 N–H and O–H groups in total. The lowest BCUT2D eigenvalue weighted by Crippen LogP contribution is -2.12. The fourth-order valence-electron chi connectivity index (χ4n) is 1.98. The normalized spacial score (nSPS) is 10.7. The Hall–Kier alpha value is -2.67. The monoisotopic (exact) mass is 330 g/mol. The Morgan fingerprint density at radius 3 is 2.87 bits per heavy atom. The van der Waals surface area contributed by atoms with Crippen molar-refractivity contribution >= 4 is 23.1 Å². The summed E-state index contributed by atoms with van der Waals surface area (Å²) in [5.41, 5.74) is 0. The third-order valence-electron chi connectivity index (χ3n) is 3.09. The molecule has 0 aromatic carbocycles. The van der Waals surface area contributed by atoms with Gasteiger partial charge in [-0.2, -0.15) is 5.10 Å². The van der Waals surface area contributed by atoms with Gasteiger partial charge in [-0.05, 0) is 37.3 Å². The molecular formula is C16H14N2O4S. The van der Waals surface area contributed by atoms with E-state index in [0.29, 0.717) is 17.2 Å². The van der Waals surface area contributed by atoms with Crippen molar-refractivity contribution in [2.75, 3.05) is 6.61 Å². The van der Waals surface area contributed by atoms with Crippen LogP contribution in [0.2, 0.25) is 0 Å². The maximum Gasteiger partial charge on any atom is 0.374 e. The molecule has 0 saturated carbocycles. The van der Waals surface area contributed by atoms with Gasteiger partial charge in [0.2, 0.25) is 11.5 Å². The summed E-state index contributed by atoms with van der Waals surface area (Å²) in [5.74, 6) is -0.221. The maximum absolute atomic E-state index is 11.9. The van der Waals surface area contributed by atoms with Crippen molar-refractivity contribution in [2.45, 2.75) is 13.5 Å². The van der Waals surface area contributed by atoms with E-state index in [1.165, 1.54) is 17.4 Å². The van der Waals surface area contributed by atoms with Crippen LogP contribution in [0.5, 0.6) is 0 Å². The predicted octanol–water partition coefficient (Wildman–Crippen LogP) is 2.93. The van der Waals surface area contributed by atoms with E-state index in [1.54, 1.807) is 35.3 Å². The number of carbonyl (C=O) groups is 2. The van der Waals surface area contributed by atoms with Crippen molar-refractivity contribution in [1.29, 1.82) is 0 Å². The van der Waals surface area contributed by atoms with Gasteiger partial charge in [0, 0.05) is 17.3 Å². The molecule has 3 heterocycles. The van der Waals surface area contributed by atoms with Crippen LogP contribution in [0, 0.1) is 6.92 Å². The van der Waals surface area contributed by atoms with Crippen molar-refractivity contribution in [3.8, 4) is 0 Å². The molecule has 0 fully saturated rings. The van der Waals surface area contributed by atoms with Gasteiger partial charge in [-0.3, -0.25) is 9.48 Å². The Bertz CT molecular complexity index is 817. The van der Waals surface area contributed by atoms with Gasteiger partial charge in [0.25, 0.3) is 0 Å². The average Bonchev–Trinajstić information content (AvgIpc) is 3.27. The zero-order valence-electron chi connectivity index (χ0n) is 12.4. The van der Waals surface area contributed by atoms with Crippen LogP contribution in [-0.4, -0.2) is 28.1 Å². The molecule has 0 bridgehead atoms. The molecule has 0 aliphatic rings. The highest BCUT2D eigenvalue weighted by Crippen LogP contribution is 2.16. The molecule has 0 saturated heterocycles. The molecule has 3 rings (SSSR count). The first-order valence-electron chi connectivity index (χ1n) is 6.95. The molecule has 0 aliphatic heterocycles. The molecule has 0 unspecified atom stereocenters. The van der Waals surface area contributed by atoms with Crippen molar-refractivity contribution in [3.63, 3.8) is 0 Å². The predicted molar refractivity (Wildman–Crippen MR) is 83.7 cm³/mol. The minimum Gasteiger partial charge on any atom is -0.452 e. The van der Waals surface area contributed by atoms with Crippen LogP contribution < -0.4 is 0 Å². The number of ether oxygens (including phenoxy) is 1. The summed E-state index contributed by atoms with van der Waals surface area (Å²) in [5, 5.41) is 4.06. The minimum absolute atomic E-state index is 0.0716. The highest BCUT2D eigenvalue weighted by atomic mass is 32.1. The summed E-state index contributed by atoms with van der Waals surface area (Å²) in [6.07, 6.45) is 3.46. The summed E-state index contributed by atoms with van der Waals surface area (Å²) in [7, 11) is 0. The van der Waals surface area contributed by atoms with Crippen LogP contribution in [0.15, 0.2) is 47.1 Å². The first-order valence-corrected chi connectivity index (χ1v) is 7.76. The summed E-state index contributed by atoms with van der Waals surface area (Å²) in [6.45, 7) is 2.04. The van der Waals surface area contributed by atoms with Crippen LogP contribution in [0.4, 0.5) is 0 Å². The number of esters is 1. The molecule has 6 nitrogen and oxygen atoms in total. The second-order valence-corrected chi connectivity index (χ2v) is 6.17. The Balaban J connectivity index is 1.56. The number of Topliss-reactive ketones (excluding diaryl/α,β-unsaturated/α-hetero) is 1. The molecule has 3 aromatic rings. The molecule has 0 atom stereocenters. The van der Waals surface area contributed by atoms with Crippen LogP contribution in [0.1, 0.15) is 30.9 Å². The van der Waals surface area contributed by atoms with Gasteiger partial charge in [-0.1, -0.05) is 0 Å². The van der Waals surface area contributed by atoms with Crippen molar-refractivity contribution in [3.05, 3.63) is 64.0 Å². The SMILES string of the molecule is Cc1ccc(C(=O)COC(=O)c2ccc(Cn3cccn3)o2)s1. The summed E-state index contributed by atoms with van der Waals surface area (Å²) in [6, 6.07) is 8.60. The van der Waals surface area contributed by atoms with Crippen LogP contribution in [0.25, 0.3) is 0 Å². The third-order valence-corrected chi connectivity index (χ3v) is 4.13. The number of furan rings is 1. The summed E-state index contributed by atoms with van der Waals surface area (Å²) < 4.78 is 12.1. The zero-order valence-corrected chi connectivity index (χ0v) is 13.2. The first-order chi connectivity index (χ1) is 11.1. The quantitative estimate of drug-likeness (QED) is 0.513. The number of thiophene rings is 1. The van der Waals surface area contributed by atoms with Gasteiger partial charge in [0.05, 0.1) is 11.4 Å².